The summed E-state index contributed by atoms with van der Waals surface area (Å²) >= 11 is 0. The van der Waals surface area contributed by atoms with Crippen molar-refractivity contribution in [2.24, 2.45) is 0 Å². The first-order valence-electron chi connectivity index (χ1n) is 18.0. The van der Waals surface area contributed by atoms with Crippen molar-refractivity contribution >= 4 is 27.6 Å². The summed E-state index contributed by atoms with van der Waals surface area (Å²) in [6, 6.07) is 1.90. The van der Waals surface area contributed by atoms with Crippen molar-refractivity contribution in [3.63, 3.8) is 0 Å². The third-order valence-corrected chi connectivity index (χ3v) is 11.8. The van der Waals surface area contributed by atoms with Crippen molar-refractivity contribution in [3.05, 3.63) is 23.8 Å². The van der Waals surface area contributed by atoms with Crippen molar-refractivity contribution in [2.45, 2.75) is 149 Å². The number of nitrogens with zero attached hydrogens (tertiary/aromatic N) is 1. The topological polar surface area (TPSA) is 296 Å². The smallest absolute Gasteiger partial charge is 0.294 e. The predicted octanol–water partition coefficient (Wildman–Crippen LogP) is -2.26. The number of ether oxygens (including phenoxy) is 2. The molecule has 3 heterocycles. The lowest BCUT2D eigenvalue weighted by Crippen LogP contribution is -2.64. The number of aliphatic hydroxyl groups excluding tert-OH is 8. The van der Waals surface area contributed by atoms with E-state index in [1.54, 1.807) is 6.07 Å². The molecule has 0 bridgehead atoms. The Kier molecular flexibility index (Phi) is 15.0. The number of fused-ring (bicyclic) bond motifs is 1. The number of hydrogen-bond acceptors (Lipinski definition) is 15. The second-order valence-corrected chi connectivity index (χ2v) is 15.9. The van der Waals surface area contributed by atoms with E-state index in [4.69, 9.17) is 9.47 Å². The van der Waals surface area contributed by atoms with Crippen LogP contribution < -0.4 is 15.5 Å². The van der Waals surface area contributed by atoms with Crippen molar-refractivity contribution in [2.75, 3.05) is 24.7 Å². The highest BCUT2D eigenvalue weighted by atomic mass is 32.2. The summed E-state index contributed by atoms with van der Waals surface area (Å²) < 4.78 is 44.1. The van der Waals surface area contributed by atoms with Gasteiger partial charge in [-0.25, -0.2) is 0 Å². The van der Waals surface area contributed by atoms with Gasteiger partial charge in [-0.15, -0.1) is 0 Å². The van der Waals surface area contributed by atoms with Gasteiger partial charge in [0.1, 0.15) is 48.7 Å². The highest BCUT2D eigenvalue weighted by Gasteiger charge is 2.47. The molecule has 0 spiro atoms. The maximum Gasteiger partial charge on any atom is 0.294 e. The van der Waals surface area contributed by atoms with E-state index in [-0.39, 0.29) is 23.8 Å². The first kappa shape index (κ1) is 43.2. The van der Waals surface area contributed by atoms with Gasteiger partial charge in [-0.2, -0.15) is 8.42 Å². The molecule has 4 rings (SSSR count). The zero-order valence-electron chi connectivity index (χ0n) is 29.9. The van der Waals surface area contributed by atoms with Crippen LogP contribution in [0.2, 0.25) is 0 Å². The fourth-order valence-corrected chi connectivity index (χ4v) is 8.05. The van der Waals surface area contributed by atoms with Crippen LogP contribution in [0.3, 0.4) is 0 Å². The van der Waals surface area contributed by atoms with Crippen LogP contribution in [-0.4, -0.2) is 153 Å². The molecule has 1 aromatic rings. The molecule has 3 aliphatic heterocycles. The monoisotopic (exact) mass is 777 g/mol. The first-order valence-corrected chi connectivity index (χ1v) is 19.5. The Morgan fingerprint density at radius 3 is 1.74 bits per heavy atom. The first-order chi connectivity index (χ1) is 24.9. The second-order valence-electron chi connectivity index (χ2n) is 14.5. The fraction of sp³-hybridized carbons (Fsp3) is 0.765. The second kappa shape index (κ2) is 18.4. The Hall–Kier alpha value is -2.53. The lowest BCUT2D eigenvalue weighted by Gasteiger charge is -2.40. The third kappa shape index (κ3) is 10.0. The number of unbranched alkanes of at least 4 members (excludes halogenated alkanes) is 4. The summed E-state index contributed by atoms with van der Waals surface area (Å²) in [6.07, 6.45) is -7.34. The number of aliphatic hydroxyl groups is 8. The number of hydrogen-bond donors (Lipinski definition) is 11. The van der Waals surface area contributed by atoms with Gasteiger partial charge in [0.15, 0.2) is 12.6 Å². The molecular formula is C34H55N3O15S. The van der Waals surface area contributed by atoms with Crippen molar-refractivity contribution in [1.29, 1.82) is 0 Å². The van der Waals surface area contributed by atoms with Gasteiger partial charge >= 0.3 is 0 Å². The largest absolute Gasteiger partial charge is 0.394 e. The Morgan fingerprint density at radius 2 is 1.26 bits per heavy atom. The molecule has 0 radical (unpaired) electrons. The molecule has 11 N–H and O–H groups in total. The molecule has 19 heteroatoms. The summed E-state index contributed by atoms with van der Waals surface area (Å²) in [7, 11) is -4.47. The van der Waals surface area contributed by atoms with E-state index in [2.05, 4.69) is 15.5 Å². The quantitative estimate of drug-likeness (QED) is 0.0588. The van der Waals surface area contributed by atoms with Gasteiger partial charge in [-0.1, -0.05) is 26.2 Å². The molecule has 2 fully saturated rings. The van der Waals surface area contributed by atoms with E-state index < -0.39 is 102 Å². The van der Waals surface area contributed by atoms with Gasteiger partial charge in [-0.05, 0) is 56.4 Å². The maximum absolute atomic E-state index is 12.6. The summed E-state index contributed by atoms with van der Waals surface area (Å²) in [5.74, 6) is -0.922. The Labute approximate surface area is 308 Å². The van der Waals surface area contributed by atoms with Crippen LogP contribution in [0.5, 0.6) is 0 Å². The highest BCUT2D eigenvalue weighted by molar-refractivity contribution is 7.85. The number of benzene rings is 1. The van der Waals surface area contributed by atoms with Gasteiger partial charge in [0.2, 0.25) is 11.8 Å². The molecule has 12 unspecified atom stereocenters. The number of rotatable bonds is 17. The van der Waals surface area contributed by atoms with Gasteiger partial charge in [0, 0.05) is 36.5 Å². The van der Waals surface area contributed by atoms with Gasteiger partial charge in [0.05, 0.1) is 18.1 Å². The molecule has 1 aromatic carbocycles. The minimum Gasteiger partial charge on any atom is -0.394 e. The Morgan fingerprint density at radius 1 is 0.774 bits per heavy atom. The van der Waals surface area contributed by atoms with Crippen LogP contribution in [0.25, 0.3) is 0 Å². The lowest BCUT2D eigenvalue weighted by atomic mass is 9.75. The van der Waals surface area contributed by atoms with Crippen LogP contribution in [0, 0.1) is 0 Å². The van der Waals surface area contributed by atoms with Gasteiger partial charge in [-0.3, -0.25) is 14.1 Å². The number of amides is 2. The summed E-state index contributed by atoms with van der Waals surface area (Å²) in [5.41, 5.74) is 1.05. The molecule has 12 atom stereocenters. The van der Waals surface area contributed by atoms with Crippen molar-refractivity contribution in [1.82, 2.24) is 10.6 Å². The van der Waals surface area contributed by atoms with Gasteiger partial charge < -0.3 is 65.9 Å². The van der Waals surface area contributed by atoms with E-state index in [1.807, 2.05) is 13.8 Å². The minimum atomic E-state index is -4.47. The van der Waals surface area contributed by atoms with Crippen molar-refractivity contribution in [3.8, 4) is 0 Å². The number of carbonyl (C=O) groups excluding carboxylic acids is 2. The predicted molar refractivity (Wildman–Crippen MR) is 186 cm³/mol. The maximum atomic E-state index is 12.6. The Balaban J connectivity index is 1.28. The highest BCUT2D eigenvalue weighted by Crippen LogP contribution is 2.49. The summed E-state index contributed by atoms with van der Waals surface area (Å²) in [6.45, 7) is 3.40. The van der Waals surface area contributed by atoms with Crippen LogP contribution >= 0.6 is 0 Å². The van der Waals surface area contributed by atoms with E-state index in [9.17, 15) is 63.4 Å². The fourth-order valence-electron chi connectivity index (χ4n) is 7.54. The standard InChI is InChI=1S/C34H55N3O15S/c1-18-34(2,13-7-3-5-9-24(40)35-26-30(44)28(42)22(16-38)51-32(26)46)20-15-19(53(48,49)50)11-12-21(20)37(18)14-8-4-6-10-25(41)36-27-31(45)29(43)23(17-39)52-33(27)47/h11-12,15,18,22-23,26-33,38-39,42-47H,3-10,13-14,16-17H2,1-2H3,(H,35,40)(H,36,41)(H,48,49,50). The lowest BCUT2D eigenvalue weighted by molar-refractivity contribution is -0.253. The third-order valence-electron chi connectivity index (χ3n) is 10.9. The van der Waals surface area contributed by atoms with E-state index in [0.29, 0.717) is 51.5 Å². The van der Waals surface area contributed by atoms with Gasteiger partial charge in [0.25, 0.3) is 10.1 Å². The summed E-state index contributed by atoms with van der Waals surface area (Å²) in [4.78, 5) is 27.1. The van der Waals surface area contributed by atoms with E-state index in [1.165, 1.54) is 12.1 Å². The van der Waals surface area contributed by atoms with Crippen LogP contribution in [-0.2, 0) is 34.6 Å². The van der Waals surface area contributed by atoms with Crippen LogP contribution in [0.15, 0.2) is 23.1 Å². The zero-order chi connectivity index (χ0) is 39.2. The molecular weight excluding hydrogens is 722 g/mol. The number of anilines is 1. The van der Waals surface area contributed by atoms with E-state index >= 15 is 0 Å². The molecule has 18 nitrogen and oxygen atoms in total. The normalized spacial score (nSPS) is 34.5. The molecule has 2 saturated heterocycles. The molecule has 53 heavy (non-hydrogen) atoms. The molecule has 3 aliphatic rings. The van der Waals surface area contributed by atoms with Crippen LogP contribution in [0.1, 0.15) is 77.2 Å². The van der Waals surface area contributed by atoms with Crippen molar-refractivity contribution < 1.29 is 72.9 Å². The average molecular weight is 778 g/mol. The number of nitrogens with one attached hydrogen (secondary N) is 2. The molecule has 302 valence electrons. The summed E-state index contributed by atoms with van der Waals surface area (Å²) in [5, 5.41) is 84.4. The SMILES string of the molecule is CC1N(CCCCCC(=O)NC2C(O)OC(CO)C(O)C2O)c2ccc(S(=O)(=O)O)cc2C1(C)CCCCCC(=O)NC1C(O)OC(CO)C(O)C1O. The number of carbonyl (C=O) groups is 2. The molecule has 0 saturated carbocycles. The molecule has 0 aromatic heterocycles. The average Bonchev–Trinajstić information content (AvgIpc) is 3.32. The van der Waals surface area contributed by atoms with E-state index in [0.717, 1.165) is 11.3 Å². The zero-order valence-corrected chi connectivity index (χ0v) is 30.7. The Bertz CT molecular complexity index is 1500. The van der Waals surface area contributed by atoms with Crippen LogP contribution in [0.4, 0.5) is 5.69 Å². The minimum absolute atomic E-state index is 0.0666. The molecule has 0 aliphatic carbocycles. The molecule has 2 amide bonds.